The third kappa shape index (κ3) is 4.45. The van der Waals surface area contributed by atoms with Crippen LogP contribution in [0.1, 0.15) is 62.8 Å². The number of H-pyrrole nitrogens is 1. The Labute approximate surface area is 255 Å². The van der Waals surface area contributed by atoms with Crippen LogP contribution in [0.4, 0.5) is 10.2 Å². The number of anilines is 1. The van der Waals surface area contributed by atoms with Gasteiger partial charge in [-0.3, -0.25) is 9.69 Å². The SMILES string of the molecule is O=c1cc(C2CC2)c(-c2cc(F)ccc2Oc2nncnc2N2CCC3(C2)CN(C(C2CCNCC2)C24CC(C2)C4)C3)n[nH]1. The van der Waals surface area contributed by atoms with Gasteiger partial charge in [0, 0.05) is 49.3 Å². The maximum Gasteiger partial charge on any atom is 0.282 e. The van der Waals surface area contributed by atoms with Gasteiger partial charge in [0.15, 0.2) is 5.82 Å². The van der Waals surface area contributed by atoms with Crippen molar-refractivity contribution in [1.29, 1.82) is 0 Å². The zero-order chi connectivity index (χ0) is 29.5. The lowest BCUT2D eigenvalue weighted by Crippen LogP contribution is -2.72. The molecule has 0 radical (unpaired) electrons. The van der Waals surface area contributed by atoms with E-state index in [1.807, 2.05) is 0 Å². The molecule has 2 N–H and O–H groups in total. The molecule has 0 amide bonds. The Bertz CT molecular complexity index is 1630. The average Bonchev–Trinajstić information content (AvgIpc) is 3.73. The van der Waals surface area contributed by atoms with Gasteiger partial charge in [0.05, 0.1) is 5.69 Å². The molecule has 7 aliphatic rings. The van der Waals surface area contributed by atoms with Crippen LogP contribution < -0.4 is 20.5 Å². The standard InChI is InChI=1S/C33H39FN8O2/c34-23-3-4-26(25(11-23)28-24(21-1-2-21)12-27(43)38-39-28)44-31-30(36-19-37-40-31)41-10-7-32(16-41)17-42(18-32)29(22-5-8-35-9-6-22)33-13-20(14-33)15-33/h3-4,11-12,19-22,29,35H,1-2,5-10,13-18H2,(H,38,43). The number of halogens is 1. The highest BCUT2D eigenvalue weighted by molar-refractivity contribution is 5.71. The zero-order valence-corrected chi connectivity index (χ0v) is 25.0. The van der Waals surface area contributed by atoms with E-state index in [9.17, 15) is 9.18 Å². The van der Waals surface area contributed by atoms with Crippen molar-refractivity contribution in [3.63, 3.8) is 0 Å². The molecule has 1 atom stereocenters. The van der Waals surface area contributed by atoms with Crippen molar-refractivity contribution in [2.24, 2.45) is 22.7 Å². The Kier molecular flexibility index (Phi) is 6.14. The number of hydrogen-bond acceptors (Lipinski definition) is 9. The maximum absolute atomic E-state index is 14.6. The molecule has 3 saturated heterocycles. The first-order valence-electron chi connectivity index (χ1n) is 16.4. The van der Waals surface area contributed by atoms with Crippen LogP contribution >= 0.6 is 0 Å². The molecule has 1 spiro atoms. The molecule has 10 nitrogen and oxygen atoms in total. The average molecular weight is 599 g/mol. The predicted octanol–water partition coefficient (Wildman–Crippen LogP) is 4.11. The minimum absolute atomic E-state index is 0.247. The lowest BCUT2D eigenvalue weighted by atomic mass is 9.39. The van der Waals surface area contributed by atoms with Gasteiger partial charge < -0.3 is 15.0 Å². The highest BCUT2D eigenvalue weighted by atomic mass is 19.1. The number of benzene rings is 1. The maximum atomic E-state index is 14.6. The van der Waals surface area contributed by atoms with Gasteiger partial charge in [0.2, 0.25) is 0 Å². The van der Waals surface area contributed by atoms with Gasteiger partial charge in [-0.2, -0.15) is 5.10 Å². The molecular weight excluding hydrogens is 559 g/mol. The molecule has 3 aliphatic heterocycles. The molecule has 7 fully saturated rings. The van der Waals surface area contributed by atoms with E-state index in [-0.39, 0.29) is 16.9 Å². The smallest absolute Gasteiger partial charge is 0.282 e. The number of hydrogen-bond donors (Lipinski definition) is 2. The quantitative estimate of drug-likeness (QED) is 0.396. The molecule has 4 aliphatic carbocycles. The van der Waals surface area contributed by atoms with E-state index in [4.69, 9.17) is 4.74 Å². The number of aromatic amines is 1. The number of nitrogens with zero attached hydrogens (tertiary/aromatic N) is 6. The van der Waals surface area contributed by atoms with Crippen LogP contribution in [-0.2, 0) is 0 Å². The van der Waals surface area contributed by atoms with Crippen LogP contribution in [-0.4, -0.2) is 75.6 Å². The largest absolute Gasteiger partial charge is 0.434 e. The summed E-state index contributed by atoms with van der Waals surface area (Å²) in [6.07, 6.45) is 11.5. The summed E-state index contributed by atoms with van der Waals surface area (Å²) >= 11 is 0. The van der Waals surface area contributed by atoms with Crippen LogP contribution in [0.2, 0.25) is 0 Å². The molecule has 2 bridgehead atoms. The Morgan fingerprint density at radius 2 is 1.86 bits per heavy atom. The summed E-state index contributed by atoms with van der Waals surface area (Å²) in [5.74, 6) is 3.03. The summed E-state index contributed by atoms with van der Waals surface area (Å²) in [5, 5.41) is 18.8. The third-order valence-electron chi connectivity index (χ3n) is 11.6. The van der Waals surface area contributed by atoms with E-state index in [0.29, 0.717) is 34.1 Å². The summed E-state index contributed by atoms with van der Waals surface area (Å²) < 4.78 is 20.9. The molecule has 2 aromatic heterocycles. The lowest BCUT2D eigenvalue weighted by Gasteiger charge is -2.71. The Morgan fingerprint density at radius 1 is 1.05 bits per heavy atom. The van der Waals surface area contributed by atoms with Gasteiger partial charge in [0.1, 0.15) is 17.9 Å². The fraction of sp³-hybridized carbons (Fsp3) is 0.606. The molecule has 11 heteroatoms. The van der Waals surface area contributed by atoms with Gasteiger partial charge in [-0.1, -0.05) is 0 Å². The van der Waals surface area contributed by atoms with Gasteiger partial charge in [-0.25, -0.2) is 14.5 Å². The molecule has 1 aromatic carbocycles. The van der Waals surface area contributed by atoms with Gasteiger partial charge >= 0.3 is 0 Å². The number of rotatable bonds is 8. The van der Waals surface area contributed by atoms with Crippen molar-refractivity contribution in [3.8, 4) is 22.9 Å². The summed E-state index contributed by atoms with van der Waals surface area (Å²) in [4.78, 5) is 21.8. The van der Waals surface area contributed by atoms with E-state index < -0.39 is 5.82 Å². The first kappa shape index (κ1) is 26.9. The minimum Gasteiger partial charge on any atom is -0.434 e. The fourth-order valence-corrected chi connectivity index (χ4v) is 9.40. The molecule has 44 heavy (non-hydrogen) atoms. The van der Waals surface area contributed by atoms with Crippen molar-refractivity contribution in [1.82, 2.24) is 35.6 Å². The molecule has 4 saturated carbocycles. The van der Waals surface area contributed by atoms with Crippen molar-refractivity contribution < 1.29 is 9.13 Å². The summed E-state index contributed by atoms with van der Waals surface area (Å²) in [6, 6.07) is 6.67. The normalized spacial score (nSPS) is 28.3. The van der Waals surface area contributed by atoms with Gasteiger partial charge in [0.25, 0.3) is 11.4 Å². The number of aromatic nitrogens is 5. The zero-order valence-electron chi connectivity index (χ0n) is 25.0. The molecular formula is C33H39FN8O2. The summed E-state index contributed by atoms with van der Waals surface area (Å²) in [6.45, 7) is 6.43. The van der Waals surface area contributed by atoms with E-state index >= 15 is 0 Å². The summed E-state index contributed by atoms with van der Waals surface area (Å²) in [5.41, 5.74) is 2.42. The molecule has 3 aromatic rings. The molecule has 10 rings (SSSR count). The second kappa shape index (κ2) is 10.0. The fourth-order valence-electron chi connectivity index (χ4n) is 9.40. The third-order valence-corrected chi connectivity index (χ3v) is 11.6. The van der Waals surface area contributed by atoms with Crippen molar-refractivity contribution in [2.75, 3.05) is 44.2 Å². The first-order valence-corrected chi connectivity index (χ1v) is 16.4. The molecule has 230 valence electrons. The first-order chi connectivity index (χ1) is 21.5. The van der Waals surface area contributed by atoms with Crippen LogP contribution in [0.15, 0.2) is 35.4 Å². The van der Waals surface area contributed by atoms with Crippen LogP contribution in [0.25, 0.3) is 11.3 Å². The Hall–Kier alpha value is -3.44. The number of nitrogens with one attached hydrogen (secondary N) is 2. The molecule has 1 unspecified atom stereocenters. The van der Waals surface area contributed by atoms with Crippen molar-refractivity contribution in [3.05, 3.63) is 52.3 Å². The van der Waals surface area contributed by atoms with Gasteiger partial charge in [-0.05, 0) is 111 Å². The topological polar surface area (TPSA) is 112 Å². The predicted molar refractivity (Wildman–Crippen MR) is 162 cm³/mol. The second-order valence-electron chi connectivity index (χ2n) is 14.6. The highest BCUT2D eigenvalue weighted by Crippen LogP contribution is 2.69. The highest BCUT2D eigenvalue weighted by Gasteiger charge is 2.65. The lowest BCUT2D eigenvalue weighted by molar-refractivity contribution is -0.207. The second-order valence-corrected chi connectivity index (χ2v) is 14.6. The number of ether oxygens (including phenoxy) is 1. The van der Waals surface area contributed by atoms with Crippen molar-refractivity contribution in [2.45, 2.75) is 63.3 Å². The number of piperidine rings is 1. The van der Waals surface area contributed by atoms with Crippen LogP contribution in [0.5, 0.6) is 11.6 Å². The van der Waals surface area contributed by atoms with E-state index in [2.05, 4.69) is 40.5 Å². The van der Waals surface area contributed by atoms with Crippen molar-refractivity contribution >= 4 is 5.82 Å². The van der Waals surface area contributed by atoms with E-state index in [1.165, 1.54) is 50.6 Å². The van der Waals surface area contributed by atoms with E-state index in [0.717, 1.165) is 82.0 Å². The van der Waals surface area contributed by atoms with Gasteiger partial charge in [-0.15, -0.1) is 10.2 Å². The minimum atomic E-state index is -0.405. The van der Waals surface area contributed by atoms with Crippen LogP contribution in [0, 0.1) is 28.5 Å². The summed E-state index contributed by atoms with van der Waals surface area (Å²) in [7, 11) is 0. The number of likely N-dealkylation sites (tertiary alicyclic amines) is 1. The Morgan fingerprint density at radius 3 is 2.61 bits per heavy atom. The van der Waals surface area contributed by atoms with Crippen LogP contribution in [0.3, 0.4) is 0 Å². The monoisotopic (exact) mass is 598 g/mol. The Balaban J connectivity index is 0.950. The molecule has 5 heterocycles. The van der Waals surface area contributed by atoms with E-state index in [1.54, 1.807) is 12.1 Å².